The fourth-order valence-electron chi connectivity index (χ4n) is 3.23. The molecule has 4 rings (SSSR count). The smallest absolute Gasteiger partial charge is 0.213 e. The zero-order valence-electron chi connectivity index (χ0n) is 14.1. The van der Waals surface area contributed by atoms with Crippen molar-refractivity contribution in [2.75, 3.05) is 19.3 Å². The van der Waals surface area contributed by atoms with E-state index in [2.05, 4.69) is 29.3 Å². The Balaban J connectivity index is 1.62. The van der Waals surface area contributed by atoms with Crippen LogP contribution in [0.2, 0.25) is 0 Å². The van der Waals surface area contributed by atoms with E-state index in [1.807, 2.05) is 16.6 Å². The van der Waals surface area contributed by atoms with E-state index in [1.54, 1.807) is 0 Å². The first kappa shape index (κ1) is 16.6. The minimum atomic E-state index is -3.12. The molecule has 0 saturated carbocycles. The maximum atomic E-state index is 11.7. The van der Waals surface area contributed by atoms with Crippen LogP contribution in [0.1, 0.15) is 30.1 Å². The Bertz CT molecular complexity index is 1020. The lowest BCUT2D eigenvalue weighted by atomic mass is 9.97. The molecule has 0 atom stereocenters. The van der Waals surface area contributed by atoms with Crippen LogP contribution < -0.4 is 0 Å². The highest BCUT2D eigenvalue weighted by Gasteiger charge is 2.29. The summed E-state index contributed by atoms with van der Waals surface area (Å²) in [4.78, 5) is 0.775. The van der Waals surface area contributed by atoms with E-state index in [-0.39, 0.29) is 5.92 Å². The molecule has 1 fully saturated rings. The van der Waals surface area contributed by atoms with Crippen molar-refractivity contribution in [1.82, 2.24) is 24.1 Å². The molecular weight excluding hydrogens is 358 g/mol. The molecule has 3 aromatic rings. The summed E-state index contributed by atoms with van der Waals surface area (Å²) in [5.74, 6) is 1.01. The summed E-state index contributed by atoms with van der Waals surface area (Å²) in [7, 11) is -3.12. The maximum Gasteiger partial charge on any atom is 0.234 e. The number of aryl methyl sites for hydroxylation is 1. The molecule has 1 aliphatic rings. The van der Waals surface area contributed by atoms with Crippen LogP contribution in [0, 0.1) is 6.92 Å². The summed E-state index contributed by atoms with van der Waals surface area (Å²) in [6, 6.07) is 8.23. The van der Waals surface area contributed by atoms with Crippen molar-refractivity contribution in [3.63, 3.8) is 0 Å². The Morgan fingerprint density at radius 1 is 1.20 bits per heavy atom. The van der Waals surface area contributed by atoms with Crippen LogP contribution in [0.25, 0.3) is 15.5 Å². The quantitative estimate of drug-likeness (QED) is 0.700. The van der Waals surface area contributed by atoms with Crippen LogP contribution in [-0.4, -0.2) is 51.9 Å². The molecule has 7 nitrogen and oxygen atoms in total. The normalized spacial score (nSPS) is 17.4. The van der Waals surface area contributed by atoms with Gasteiger partial charge < -0.3 is 0 Å². The van der Waals surface area contributed by atoms with Crippen LogP contribution in [0.3, 0.4) is 0 Å². The van der Waals surface area contributed by atoms with E-state index in [4.69, 9.17) is 5.10 Å². The van der Waals surface area contributed by atoms with E-state index >= 15 is 0 Å². The molecule has 0 N–H and O–H groups in total. The summed E-state index contributed by atoms with van der Waals surface area (Å²) in [6.07, 6.45) is 2.74. The summed E-state index contributed by atoms with van der Waals surface area (Å²) in [6.45, 7) is 3.10. The Morgan fingerprint density at radius 2 is 1.96 bits per heavy atom. The number of hydrogen-bond donors (Lipinski definition) is 0. The minimum Gasteiger partial charge on any atom is -0.213 e. The van der Waals surface area contributed by atoms with Gasteiger partial charge in [-0.05, 0) is 25.8 Å². The SMILES string of the molecule is Cc1cccc(-c2nn3c(C4CCN(S(C)(=O)=O)CC4)nnc3s2)c1. The molecule has 25 heavy (non-hydrogen) atoms. The Morgan fingerprint density at radius 3 is 2.64 bits per heavy atom. The van der Waals surface area contributed by atoms with Gasteiger partial charge in [0.2, 0.25) is 15.0 Å². The molecule has 0 radical (unpaired) electrons. The molecule has 0 aliphatic carbocycles. The summed E-state index contributed by atoms with van der Waals surface area (Å²) >= 11 is 1.52. The van der Waals surface area contributed by atoms with Crippen molar-refractivity contribution in [2.45, 2.75) is 25.7 Å². The predicted octanol–water partition coefficient (Wildman–Crippen LogP) is 2.30. The van der Waals surface area contributed by atoms with Gasteiger partial charge in [-0.3, -0.25) is 0 Å². The number of hydrogen-bond acceptors (Lipinski definition) is 6. The zero-order chi connectivity index (χ0) is 17.6. The fraction of sp³-hybridized carbons (Fsp3) is 0.438. The summed E-state index contributed by atoms with van der Waals surface area (Å²) in [5.41, 5.74) is 2.27. The van der Waals surface area contributed by atoms with Crippen LogP contribution in [0.5, 0.6) is 0 Å². The van der Waals surface area contributed by atoms with Crippen LogP contribution >= 0.6 is 11.3 Å². The topological polar surface area (TPSA) is 80.5 Å². The van der Waals surface area contributed by atoms with Gasteiger partial charge in [0.15, 0.2) is 5.82 Å². The molecular formula is C16H19N5O2S2. The molecule has 1 saturated heterocycles. The Kier molecular flexibility index (Phi) is 4.09. The van der Waals surface area contributed by atoms with Crippen molar-refractivity contribution in [3.05, 3.63) is 35.7 Å². The van der Waals surface area contributed by atoms with Crippen LogP contribution in [-0.2, 0) is 10.0 Å². The number of rotatable bonds is 3. The predicted molar refractivity (Wildman–Crippen MR) is 97.2 cm³/mol. The number of aromatic nitrogens is 4. The monoisotopic (exact) mass is 377 g/mol. The molecule has 3 heterocycles. The molecule has 1 aromatic carbocycles. The first-order valence-corrected chi connectivity index (χ1v) is 10.8. The minimum absolute atomic E-state index is 0.181. The van der Waals surface area contributed by atoms with E-state index in [0.29, 0.717) is 13.1 Å². The average molecular weight is 377 g/mol. The van der Waals surface area contributed by atoms with Gasteiger partial charge in [-0.2, -0.15) is 9.61 Å². The molecule has 2 aromatic heterocycles. The Hall–Kier alpha value is -1.84. The lowest BCUT2D eigenvalue weighted by molar-refractivity contribution is 0.313. The van der Waals surface area contributed by atoms with Gasteiger partial charge in [0.05, 0.1) is 6.26 Å². The Labute approximate surface area is 150 Å². The third kappa shape index (κ3) is 3.19. The van der Waals surface area contributed by atoms with Crippen molar-refractivity contribution < 1.29 is 8.42 Å². The first-order valence-electron chi connectivity index (χ1n) is 8.16. The number of fused-ring (bicyclic) bond motifs is 1. The van der Waals surface area contributed by atoms with Gasteiger partial charge in [0.25, 0.3) is 0 Å². The van der Waals surface area contributed by atoms with Crippen molar-refractivity contribution in [2.24, 2.45) is 0 Å². The summed E-state index contributed by atoms with van der Waals surface area (Å²) in [5, 5.41) is 14.2. The van der Waals surface area contributed by atoms with Gasteiger partial charge in [0, 0.05) is 24.6 Å². The molecule has 0 bridgehead atoms. The van der Waals surface area contributed by atoms with E-state index in [0.717, 1.165) is 34.2 Å². The lowest BCUT2D eigenvalue weighted by Crippen LogP contribution is -2.37. The van der Waals surface area contributed by atoms with Crippen LogP contribution in [0.15, 0.2) is 24.3 Å². The number of nitrogens with zero attached hydrogens (tertiary/aromatic N) is 5. The number of sulfonamides is 1. The van der Waals surface area contributed by atoms with Gasteiger partial charge in [0.1, 0.15) is 5.01 Å². The van der Waals surface area contributed by atoms with E-state index in [1.165, 1.54) is 27.5 Å². The largest absolute Gasteiger partial charge is 0.234 e. The molecule has 9 heteroatoms. The standard InChI is InChI=1S/C16H19N5O2S2/c1-11-4-3-5-13(10-11)15-19-21-14(17-18-16(21)24-15)12-6-8-20(9-7-12)25(2,22)23/h3-5,10,12H,6-9H2,1-2H3. The number of benzene rings is 1. The molecule has 0 amide bonds. The molecule has 0 spiro atoms. The lowest BCUT2D eigenvalue weighted by Gasteiger charge is -2.28. The van der Waals surface area contributed by atoms with Crippen molar-refractivity contribution in [3.8, 4) is 10.6 Å². The van der Waals surface area contributed by atoms with E-state index in [9.17, 15) is 8.42 Å². The second-order valence-electron chi connectivity index (χ2n) is 6.47. The van der Waals surface area contributed by atoms with Gasteiger partial charge >= 0.3 is 0 Å². The van der Waals surface area contributed by atoms with Gasteiger partial charge in [-0.15, -0.1) is 10.2 Å². The first-order chi connectivity index (χ1) is 11.9. The zero-order valence-corrected chi connectivity index (χ0v) is 15.7. The third-order valence-electron chi connectivity index (χ3n) is 4.57. The highest BCUT2D eigenvalue weighted by atomic mass is 32.2. The second-order valence-corrected chi connectivity index (χ2v) is 9.40. The highest BCUT2D eigenvalue weighted by Crippen LogP contribution is 2.31. The summed E-state index contributed by atoms with van der Waals surface area (Å²) < 4.78 is 26.7. The fourth-order valence-corrected chi connectivity index (χ4v) is 4.94. The third-order valence-corrected chi connectivity index (χ3v) is 6.82. The highest BCUT2D eigenvalue weighted by molar-refractivity contribution is 7.88. The van der Waals surface area contributed by atoms with Gasteiger partial charge in [-0.25, -0.2) is 12.7 Å². The molecule has 1 aliphatic heterocycles. The molecule has 0 unspecified atom stereocenters. The van der Waals surface area contributed by atoms with Crippen molar-refractivity contribution in [1.29, 1.82) is 0 Å². The second kappa shape index (κ2) is 6.15. The maximum absolute atomic E-state index is 11.7. The van der Waals surface area contributed by atoms with E-state index < -0.39 is 10.0 Å². The molecule has 132 valence electrons. The van der Waals surface area contributed by atoms with Gasteiger partial charge in [-0.1, -0.05) is 35.1 Å². The average Bonchev–Trinajstić information content (AvgIpc) is 3.14. The van der Waals surface area contributed by atoms with Crippen molar-refractivity contribution >= 4 is 26.3 Å². The van der Waals surface area contributed by atoms with Crippen LogP contribution in [0.4, 0.5) is 0 Å². The number of piperidine rings is 1.